The second-order valence-electron chi connectivity index (χ2n) is 16.5. The molecule has 1 aliphatic rings. The predicted molar refractivity (Wildman–Crippen MR) is 264 cm³/mol. The third kappa shape index (κ3) is 5.95. The zero-order chi connectivity index (χ0) is 41.7. The van der Waals surface area contributed by atoms with E-state index in [1.807, 2.05) is 0 Å². The molecule has 2 heteroatoms. The van der Waals surface area contributed by atoms with Gasteiger partial charge in [0.05, 0.1) is 16.4 Å². The summed E-state index contributed by atoms with van der Waals surface area (Å²) in [5.41, 5.74) is 18.8. The molecule has 1 aromatic heterocycles. The van der Waals surface area contributed by atoms with E-state index in [2.05, 4.69) is 264 Å². The number of para-hydroxylation sites is 2. The molecule has 0 bridgehead atoms. The highest BCUT2D eigenvalue weighted by molar-refractivity contribution is 6.10. The maximum absolute atomic E-state index is 2.47. The van der Waals surface area contributed by atoms with E-state index in [1.165, 1.54) is 66.3 Å². The maximum atomic E-state index is 2.47. The number of nitrogens with zero attached hydrogens (tertiary/aromatic N) is 2. The van der Waals surface area contributed by atoms with Crippen LogP contribution in [0.25, 0.3) is 60.9 Å². The first kappa shape index (κ1) is 36.6. The van der Waals surface area contributed by atoms with Crippen molar-refractivity contribution in [2.75, 3.05) is 4.90 Å². The molecule has 0 unspecified atom stereocenters. The van der Waals surface area contributed by atoms with Crippen molar-refractivity contribution in [1.82, 2.24) is 4.57 Å². The van der Waals surface area contributed by atoms with Gasteiger partial charge in [0.1, 0.15) is 0 Å². The normalized spacial score (nSPS) is 12.6. The Bertz CT molecular complexity index is 3400. The summed E-state index contributed by atoms with van der Waals surface area (Å²) < 4.78 is 2.47. The lowest BCUT2D eigenvalue weighted by Crippen LogP contribution is -2.28. The molecule has 0 atom stereocenters. The first-order valence-electron chi connectivity index (χ1n) is 21.8. The molecule has 0 amide bonds. The van der Waals surface area contributed by atoms with Crippen molar-refractivity contribution in [3.05, 3.63) is 277 Å². The Kier molecular flexibility index (Phi) is 8.76. The Morgan fingerprint density at radius 1 is 0.302 bits per heavy atom. The number of hydrogen-bond acceptors (Lipinski definition) is 1. The van der Waals surface area contributed by atoms with Crippen LogP contribution in [-0.2, 0) is 5.41 Å². The molecular formula is C61H42N2. The van der Waals surface area contributed by atoms with E-state index in [-0.39, 0.29) is 0 Å². The molecule has 10 aromatic carbocycles. The van der Waals surface area contributed by atoms with Crippen LogP contribution < -0.4 is 4.90 Å². The molecule has 0 N–H and O–H groups in total. The fourth-order valence-corrected chi connectivity index (χ4v) is 10.3. The summed E-state index contributed by atoms with van der Waals surface area (Å²) in [4.78, 5) is 2.36. The average molecular weight is 803 g/mol. The second kappa shape index (κ2) is 15.1. The first-order valence-corrected chi connectivity index (χ1v) is 21.8. The summed E-state index contributed by atoms with van der Waals surface area (Å²) in [6.45, 7) is 0. The van der Waals surface area contributed by atoms with Gasteiger partial charge in [-0.3, -0.25) is 0 Å². The summed E-state index contributed by atoms with van der Waals surface area (Å²) >= 11 is 0. The molecule has 296 valence electrons. The third-order valence-corrected chi connectivity index (χ3v) is 13.0. The number of anilines is 3. The van der Waals surface area contributed by atoms with E-state index in [0.717, 1.165) is 33.9 Å². The van der Waals surface area contributed by atoms with Crippen LogP contribution in [0, 0.1) is 0 Å². The molecule has 0 radical (unpaired) electrons. The van der Waals surface area contributed by atoms with Crippen LogP contribution in [0.15, 0.2) is 255 Å². The summed E-state index contributed by atoms with van der Waals surface area (Å²) in [7, 11) is 0. The molecule has 0 saturated carbocycles. The van der Waals surface area contributed by atoms with Crippen molar-refractivity contribution in [3.8, 4) is 39.1 Å². The SMILES string of the molecule is c1ccc(-c2cccc(N(c3ccccc3)c3cccc(-c4ccc5c6ccccc6n(-c6ccc7c(c6)-c6ccccc6C7(c6ccccc6)c6ccccc6)c5c4)c3)c2)cc1. The van der Waals surface area contributed by atoms with E-state index >= 15 is 0 Å². The van der Waals surface area contributed by atoms with Crippen molar-refractivity contribution in [1.29, 1.82) is 0 Å². The Hall–Kier alpha value is -8.20. The molecule has 63 heavy (non-hydrogen) atoms. The van der Waals surface area contributed by atoms with Crippen LogP contribution in [0.3, 0.4) is 0 Å². The number of hydrogen-bond donors (Lipinski definition) is 0. The first-order chi connectivity index (χ1) is 31.3. The molecule has 0 spiro atoms. The van der Waals surface area contributed by atoms with Gasteiger partial charge in [-0.25, -0.2) is 0 Å². The Morgan fingerprint density at radius 2 is 0.810 bits per heavy atom. The van der Waals surface area contributed by atoms with Crippen LogP contribution in [-0.4, -0.2) is 4.57 Å². The summed E-state index contributed by atoms with van der Waals surface area (Å²) in [5.74, 6) is 0. The van der Waals surface area contributed by atoms with Gasteiger partial charge < -0.3 is 9.47 Å². The van der Waals surface area contributed by atoms with E-state index in [9.17, 15) is 0 Å². The van der Waals surface area contributed by atoms with Gasteiger partial charge in [0.25, 0.3) is 0 Å². The topological polar surface area (TPSA) is 8.17 Å². The molecule has 0 fully saturated rings. The minimum absolute atomic E-state index is 0.442. The van der Waals surface area contributed by atoms with Crippen LogP contribution in [0.4, 0.5) is 17.1 Å². The van der Waals surface area contributed by atoms with Crippen LogP contribution in [0.1, 0.15) is 22.3 Å². The van der Waals surface area contributed by atoms with Gasteiger partial charge in [-0.2, -0.15) is 0 Å². The van der Waals surface area contributed by atoms with Crippen LogP contribution >= 0.6 is 0 Å². The third-order valence-electron chi connectivity index (χ3n) is 13.0. The largest absolute Gasteiger partial charge is 0.310 e. The molecule has 2 nitrogen and oxygen atoms in total. The van der Waals surface area contributed by atoms with Gasteiger partial charge in [0, 0.05) is 33.5 Å². The van der Waals surface area contributed by atoms with Crippen molar-refractivity contribution in [3.63, 3.8) is 0 Å². The lowest BCUT2D eigenvalue weighted by Gasteiger charge is -2.33. The fraction of sp³-hybridized carbons (Fsp3) is 0.0164. The highest BCUT2D eigenvalue weighted by Crippen LogP contribution is 2.56. The van der Waals surface area contributed by atoms with Gasteiger partial charge in [0.15, 0.2) is 0 Å². The fourth-order valence-electron chi connectivity index (χ4n) is 10.3. The Morgan fingerprint density at radius 3 is 1.51 bits per heavy atom. The number of rotatable bonds is 8. The standard InChI is InChI=1S/C61H42N2/c1-5-19-43(20-6-1)44-21-17-29-50(39-44)62(49-27-11-4-12-28-49)51-30-18-22-45(40-51)46-35-37-55-54-32-14-16-34-59(54)63(60(55)41-46)52-36-38-58-56(42-52)53-31-13-15-33-57(53)61(58,47-23-7-2-8-24-47)48-25-9-3-10-26-48/h1-42H. The zero-order valence-corrected chi connectivity index (χ0v) is 34.6. The van der Waals surface area contributed by atoms with E-state index in [4.69, 9.17) is 0 Å². The van der Waals surface area contributed by atoms with Gasteiger partial charge in [-0.15, -0.1) is 0 Å². The van der Waals surface area contributed by atoms with E-state index < -0.39 is 5.41 Å². The lowest BCUT2D eigenvalue weighted by atomic mass is 9.68. The quantitative estimate of drug-likeness (QED) is 0.149. The van der Waals surface area contributed by atoms with E-state index in [0.29, 0.717) is 0 Å². The van der Waals surface area contributed by atoms with Crippen molar-refractivity contribution >= 4 is 38.9 Å². The monoisotopic (exact) mass is 802 g/mol. The molecule has 11 aromatic rings. The van der Waals surface area contributed by atoms with Crippen molar-refractivity contribution < 1.29 is 0 Å². The smallest absolute Gasteiger partial charge is 0.0713 e. The predicted octanol–water partition coefficient (Wildman–Crippen LogP) is 16.0. The summed E-state index contributed by atoms with van der Waals surface area (Å²) in [6, 6.07) is 93.1. The maximum Gasteiger partial charge on any atom is 0.0713 e. The second-order valence-corrected chi connectivity index (χ2v) is 16.5. The zero-order valence-electron chi connectivity index (χ0n) is 34.6. The number of aromatic nitrogens is 1. The van der Waals surface area contributed by atoms with E-state index in [1.54, 1.807) is 0 Å². The van der Waals surface area contributed by atoms with Crippen molar-refractivity contribution in [2.24, 2.45) is 0 Å². The molecular weight excluding hydrogens is 761 g/mol. The minimum Gasteiger partial charge on any atom is -0.310 e. The van der Waals surface area contributed by atoms with Crippen molar-refractivity contribution in [2.45, 2.75) is 5.41 Å². The molecule has 0 aliphatic heterocycles. The summed E-state index contributed by atoms with van der Waals surface area (Å²) in [5, 5.41) is 2.48. The van der Waals surface area contributed by atoms with Gasteiger partial charge >= 0.3 is 0 Å². The van der Waals surface area contributed by atoms with Gasteiger partial charge in [0.2, 0.25) is 0 Å². The highest BCUT2D eigenvalue weighted by atomic mass is 15.1. The minimum atomic E-state index is -0.442. The van der Waals surface area contributed by atoms with Gasteiger partial charge in [-0.05, 0) is 116 Å². The molecule has 1 aliphatic carbocycles. The highest BCUT2D eigenvalue weighted by Gasteiger charge is 2.46. The van der Waals surface area contributed by atoms with Gasteiger partial charge in [-0.1, -0.05) is 194 Å². The summed E-state index contributed by atoms with van der Waals surface area (Å²) in [6.07, 6.45) is 0. The number of fused-ring (bicyclic) bond motifs is 6. The molecule has 1 heterocycles. The average Bonchev–Trinajstić information content (AvgIpc) is 3.85. The number of benzene rings is 10. The Labute approximate surface area is 368 Å². The lowest BCUT2D eigenvalue weighted by molar-refractivity contribution is 0.768. The molecule has 12 rings (SSSR count). The molecule has 0 saturated heterocycles. The van der Waals surface area contributed by atoms with Crippen LogP contribution in [0.2, 0.25) is 0 Å². The Balaban J connectivity index is 1.02. The van der Waals surface area contributed by atoms with Crippen LogP contribution in [0.5, 0.6) is 0 Å².